The summed E-state index contributed by atoms with van der Waals surface area (Å²) in [4.78, 5) is 0. The molecule has 16 heavy (non-hydrogen) atoms. The summed E-state index contributed by atoms with van der Waals surface area (Å²) in [5, 5.41) is 3.65. The van der Waals surface area contributed by atoms with Crippen LogP contribution in [0.15, 0.2) is 0 Å². The molecule has 0 saturated heterocycles. The van der Waals surface area contributed by atoms with Gasteiger partial charge in [0.1, 0.15) is 0 Å². The van der Waals surface area contributed by atoms with Crippen molar-refractivity contribution >= 4 is 0 Å². The standard InChI is InChI=1S/C15H27N/c1-3-10-15(16-13-4-2)14-11-8-6-5-7-9-12-14/h1,14-16H,4-13H2,2H3. The molecule has 1 N–H and O–H groups in total. The third-order valence-corrected chi connectivity index (χ3v) is 3.71. The number of nitrogens with one attached hydrogen (secondary N) is 1. The molecule has 1 atom stereocenters. The molecule has 1 saturated carbocycles. The maximum atomic E-state index is 5.49. The number of rotatable bonds is 5. The van der Waals surface area contributed by atoms with Crippen LogP contribution in [0, 0.1) is 18.3 Å². The second-order valence-electron chi connectivity index (χ2n) is 5.07. The molecule has 92 valence electrons. The van der Waals surface area contributed by atoms with Crippen LogP contribution in [0.5, 0.6) is 0 Å². The summed E-state index contributed by atoms with van der Waals surface area (Å²) in [6, 6.07) is 0.572. The summed E-state index contributed by atoms with van der Waals surface area (Å²) in [6.45, 7) is 3.33. The van der Waals surface area contributed by atoms with Gasteiger partial charge in [-0.05, 0) is 31.7 Å². The Kier molecular flexibility index (Phi) is 7.34. The zero-order valence-electron chi connectivity index (χ0n) is 10.8. The van der Waals surface area contributed by atoms with Gasteiger partial charge in [-0.3, -0.25) is 0 Å². The zero-order valence-corrected chi connectivity index (χ0v) is 10.8. The van der Waals surface area contributed by atoms with Crippen LogP contribution < -0.4 is 5.32 Å². The van der Waals surface area contributed by atoms with E-state index in [0.717, 1.165) is 18.9 Å². The van der Waals surface area contributed by atoms with E-state index in [2.05, 4.69) is 18.2 Å². The average Bonchev–Trinajstić information content (AvgIpc) is 2.24. The molecule has 0 aliphatic heterocycles. The number of hydrogen-bond acceptors (Lipinski definition) is 1. The normalized spacial score (nSPS) is 20.8. The third-order valence-electron chi connectivity index (χ3n) is 3.71. The molecule has 1 nitrogen and oxygen atoms in total. The summed E-state index contributed by atoms with van der Waals surface area (Å²) in [7, 11) is 0. The van der Waals surface area contributed by atoms with E-state index in [9.17, 15) is 0 Å². The Labute approximate surface area is 101 Å². The molecule has 1 rings (SSSR count). The summed E-state index contributed by atoms with van der Waals surface area (Å²) in [5.41, 5.74) is 0. The van der Waals surface area contributed by atoms with Crippen molar-refractivity contribution in [3.05, 3.63) is 0 Å². The second-order valence-corrected chi connectivity index (χ2v) is 5.07. The quantitative estimate of drug-likeness (QED) is 0.697. The molecule has 0 bridgehead atoms. The van der Waals surface area contributed by atoms with E-state index >= 15 is 0 Å². The van der Waals surface area contributed by atoms with E-state index in [1.807, 2.05) is 0 Å². The molecular formula is C15H27N. The average molecular weight is 221 g/mol. The molecule has 0 spiro atoms. The minimum absolute atomic E-state index is 0.572. The molecule has 1 unspecified atom stereocenters. The Bertz CT molecular complexity index is 196. The highest BCUT2D eigenvalue weighted by Gasteiger charge is 2.20. The third kappa shape index (κ3) is 5.03. The van der Waals surface area contributed by atoms with Crippen LogP contribution in [0.3, 0.4) is 0 Å². The van der Waals surface area contributed by atoms with Gasteiger partial charge in [0.25, 0.3) is 0 Å². The van der Waals surface area contributed by atoms with Gasteiger partial charge in [0.2, 0.25) is 0 Å². The predicted octanol–water partition coefficient (Wildman–Crippen LogP) is 3.74. The molecule has 1 heteroatoms. The van der Waals surface area contributed by atoms with Gasteiger partial charge in [-0.1, -0.05) is 39.0 Å². The van der Waals surface area contributed by atoms with Crippen LogP contribution >= 0.6 is 0 Å². The van der Waals surface area contributed by atoms with E-state index in [4.69, 9.17) is 6.42 Å². The molecular weight excluding hydrogens is 194 g/mol. The first kappa shape index (κ1) is 13.6. The maximum Gasteiger partial charge on any atom is 0.0243 e. The van der Waals surface area contributed by atoms with Crippen molar-refractivity contribution in [2.24, 2.45) is 5.92 Å². The van der Waals surface area contributed by atoms with E-state index in [1.165, 1.54) is 51.4 Å². The Morgan fingerprint density at radius 3 is 2.38 bits per heavy atom. The van der Waals surface area contributed by atoms with Crippen LogP contribution in [0.25, 0.3) is 0 Å². The fourth-order valence-corrected chi connectivity index (χ4v) is 2.75. The topological polar surface area (TPSA) is 12.0 Å². The van der Waals surface area contributed by atoms with E-state index in [0.29, 0.717) is 6.04 Å². The smallest absolute Gasteiger partial charge is 0.0243 e. The van der Waals surface area contributed by atoms with Crippen molar-refractivity contribution in [3.63, 3.8) is 0 Å². The van der Waals surface area contributed by atoms with Crippen LogP contribution in [-0.4, -0.2) is 12.6 Å². The molecule has 1 aliphatic rings. The van der Waals surface area contributed by atoms with E-state index < -0.39 is 0 Å². The minimum atomic E-state index is 0.572. The highest BCUT2D eigenvalue weighted by atomic mass is 14.9. The Hall–Kier alpha value is -0.480. The lowest BCUT2D eigenvalue weighted by molar-refractivity contribution is 0.288. The largest absolute Gasteiger partial charge is 0.313 e. The summed E-state index contributed by atoms with van der Waals surface area (Å²) in [5.74, 6) is 3.67. The Morgan fingerprint density at radius 1 is 1.19 bits per heavy atom. The van der Waals surface area contributed by atoms with Crippen molar-refractivity contribution in [2.45, 2.75) is 70.8 Å². The number of terminal acetylenes is 1. The lowest BCUT2D eigenvalue weighted by atomic mass is 9.84. The molecule has 0 radical (unpaired) electrons. The molecule has 0 aromatic heterocycles. The van der Waals surface area contributed by atoms with Crippen molar-refractivity contribution in [1.82, 2.24) is 5.32 Å². The van der Waals surface area contributed by atoms with Crippen LogP contribution in [-0.2, 0) is 0 Å². The fourth-order valence-electron chi connectivity index (χ4n) is 2.75. The lowest BCUT2D eigenvalue weighted by Gasteiger charge is -2.28. The van der Waals surface area contributed by atoms with E-state index in [1.54, 1.807) is 0 Å². The first-order valence-electron chi connectivity index (χ1n) is 7.05. The van der Waals surface area contributed by atoms with Gasteiger partial charge in [-0.2, -0.15) is 0 Å². The zero-order chi connectivity index (χ0) is 11.6. The van der Waals surface area contributed by atoms with Crippen molar-refractivity contribution in [1.29, 1.82) is 0 Å². The van der Waals surface area contributed by atoms with Crippen LogP contribution in [0.1, 0.15) is 64.7 Å². The summed E-state index contributed by atoms with van der Waals surface area (Å²) in [6.07, 6.45) is 17.4. The van der Waals surface area contributed by atoms with Gasteiger partial charge in [0.05, 0.1) is 0 Å². The van der Waals surface area contributed by atoms with Gasteiger partial charge >= 0.3 is 0 Å². The van der Waals surface area contributed by atoms with Crippen LogP contribution in [0.2, 0.25) is 0 Å². The van der Waals surface area contributed by atoms with Gasteiger partial charge in [-0.25, -0.2) is 0 Å². The van der Waals surface area contributed by atoms with Crippen molar-refractivity contribution in [3.8, 4) is 12.3 Å². The van der Waals surface area contributed by atoms with Gasteiger partial charge in [0.15, 0.2) is 0 Å². The summed E-state index contributed by atoms with van der Waals surface area (Å²) < 4.78 is 0. The molecule has 0 aromatic carbocycles. The molecule has 0 amide bonds. The first-order chi connectivity index (χ1) is 7.88. The SMILES string of the molecule is C#CCC(NCCC)C1CCCCCCC1. The Balaban J connectivity index is 2.42. The Morgan fingerprint density at radius 2 is 1.81 bits per heavy atom. The highest BCUT2D eigenvalue weighted by Crippen LogP contribution is 2.26. The van der Waals surface area contributed by atoms with Gasteiger partial charge in [-0.15, -0.1) is 12.3 Å². The summed E-state index contributed by atoms with van der Waals surface area (Å²) >= 11 is 0. The first-order valence-corrected chi connectivity index (χ1v) is 7.05. The monoisotopic (exact) mass is 221 g/mol. The molecule has 1 aliphatic carbocycles. The van der Waals surface area contributed by atoms with Gasteiger partial charge < -0.3 is 5.32 Å². The molecule has 0 aromatic rings. The van der Waals surface area contributed by atoms with Crippen molar-refractivity contribution in [2.75, 3.05) is 6.54 Å². The van der Waals surface area contributed by atoms with E-state index in [-0.39, 0.29) is 0 Å². The molecule has 1 fully saturated rings. The predicted molar refractivity (Wildman–Crippen MR) is 71.3 cm³/mol. The van der Waals surface area contributed by atoms with Crippen LogP contribution in [0.4, 0.5) is 0 Å². The second kappa shape index (κ2) is 8.65. The van der Waals surface area contributed by atoms with Gasteiger partial charge in [0, 0.05) is 12.5 Å². The van der Waals surface area contributed by atoms with Crippen molar-refractivity contribution < 1.29 is 0 Å². The lowest BCUT2D eigenvalue weighted by Crippen LogP contribution is -2.36. The number of hydrogen-bond donors (Lipinski definition) is 1. The minimum Gasteiger partial charge on any atom is -0.313 e. The fraction of sp³-hybridized carbons (Fsp3) is 0.867. The highest BCUT2D eigenvalue weighted by molar-refractivity contribution is 4.92. The molecule has 0 heterocycles. The maximum absolute atomic E-state index is 5.49.